The number of ether oxygens (including phenoxy) is 7. The van der Waals surface area contributed by atoms with E-state index in [0.717, 1.165) is 10.5 Å². The van der Waals surface area contributed by atoms with Gasteiger partial charge in [-0.3, -0.25) is 53.0 Å². The molecule has 0 spiro atoms. The van der Waals surface area contributed by atoms with Crippen LogP contribution in [0.5, 0.6) is 0 Å². The second kappa shape index (κ2) is 46.4. The third-order valence-corrected chi connectivity index (χ3v) is 18.9. The van der Waals surface area contributed by atoms with Crippen LogP contribution in [0, 0.1) is 29.6 Å². The number of nitrogens with zero attached hydrogens (tertiary/aromatic N) is 4. The Hall–Kier alpha value is -8.58. The number of amides is 12. The van der Waals surface area contributed by atoms with Crippen LogP contribution in [-0.2, 0) is 94.1 Å². The van der Waals surface area contributed by atoms with Crippen LogP contribution in [0.1, 0.15) is 138 Å². The van der Waals surface area contributed by atoms with Gasteiger partial charge >= 0.3 is 18.1 Å². The van der Waals surface area contributed by atoms with Crippen molar-refractivity contribution in [2.45, 2.75) is 194 Å². The summed E-state index contributed by atoms with van der Waals surface area (Å²) in [6.45, 7) is 18.3. The molecule has 105 heavy (non-hydrogen) atoms. The van der Waals surface area contributed by atoms with E-state index in [2.05, 4.69) is 31.9 Å². The number of carbonyl (C=O) groups excluding carboxylic acids is 12. The van der Waals surface area contributed by atoms with E-state index in [4.69, 9.17) is 38.9 Å². The Balaban J connectivity index is 1.38. The minimum atomic E-state index is -1.12. The Kier molecular flexibility index (Phi) is 39.2. The maximum Gasteiger partial charge on any atom is 0.410 e. The van der Waals surface area contributed by atoms with Gasteiger partial charge in [0.2, 0.25) is 41.4 Å². The van der Waals surface area contributed by atoms with E-state index in [-0.39, 0.29) is 94.6 Å². The number of anilines is 1. The zero-order valence-corrected chi connectivity index (χ0v) is 63.9. The molecule has 0 saturated carbocycles. The lowest BCUT2D eigenvalue weighted by molar-refractivity contribution is -0.151. The highest BCUT2D eigenvalue weighted by atomic mass is 16.6. The van der Waals surface area contributed by atoms with Gasteiger partial charge in [0.15, 0.2) is 0 Å². The smallest absolute Gasteiger partial charge is 0.410 e. The number of methoxy groups -OCH3 is 3. The fourth-order valence-electron chi connectivity index (χ4n) is 12.8. The van der Waals surface area contributed by atoms with Crippen molar-refractivity contribution >= 4 is 76.9 Å². The van der Waals surface area contributed by atoms with Gasteiger partial charge in [-0.25, -0.2) is 14.4 Å². The predicted molar refractivity (Wildman–Crippen MR) is 391 cm³/mol. The summed E-state index contributed by atoms with van der Waals surface area (Å²) >= 11 is 0. The molecule has 0 aliphatic carbocycles. The fourth-order valence-corrected chi connectivity index (χ4v) is 12.8. The second-order valence-electron chi connectivity index (χ2n) is 27.8. The maximum absolute atomic E-state index is 14.9. The highest BCUT2D eigenvalue weighted by molar-refractivity contribution is 6.12. The van der Waals surface area contributed by atoms with Crippen molar-refractivity contribution in [2.75, 3.05) is 100 Å². The summed E-state index contributed by atoms with van der Waals surface area (Å²) < 4.78 is 39.4. The zero-order chi connectivity index (χ0) is 77.9. The van der Waals surface area contributed by atoms with Crippen LogP contribution in [-0.4, -0.2) is 240 Å². The molecule has 12 amide bonds. The monoisotopic (exact) mass is 1480 g/mol. The third kappa shape index (κ3) is 29.0. The summed E-state index contributed by atoms with van der Waals surface area (Å²) in [4.78, 5) is 167. The molecular weight excluding hydrogens is 1360 g/mol. The molecule has 0 radical (unpaired) electrons. The number of primary amides is 1. The average molecular weight is 1480 g/mol. The van der Waals surface area contributed by atoms with Crippen molar-refractivity contribution in [3.05, 3.63) is 77.9 Å². The summed E-state index contributed by atoms with van der Waals surface area (Å²) in [6.07, 6.45) is 3.63. The van der Waals surface area contributed by atoms with Crippen LogP contribution in [0.4, 0.5) is 15.3 Å². The molecule has 2 heterocycles. The molecule has 4 rings (SSSR count). The lowest BCUT2D eigenvalue weighted by atomic mass is 9.89. The van der Waals surface area contributed by atoms with Gasteiger partial charge in [0, 0.05) is 85.7 Å². The molecule has 2 unspecified atom stereocenters. The number of esters is 1. The molecule has 11 atom stereocenters. The number of rotatable bonds is 48. The maximum atomic E-state index is 14.9. The van der Waals surface area contributed by atoms with E-state index in [1.807, 2.05) is 44.2 Å². The number of nitrogens with one attached hydrogen (secondary N) is 6. The van der Waals surface area contributed by atoms with E-state index in [1.165, 1.54) is 43.2 Å². The van der Waals surface area contributed by atoms with Crippen molar-refractivity contribution in [3.8, 4) is 0 Å². The van der Waals surface area contributed by atoms with Crippen LogP contribution in [0.15, 0.2) is 66.7 Å². The number of likely N-dealkylation sites (N-methyl/N-ethyl adjacent to an activating group) is 2. The quantitative estimate of drug-likeness (QED) is 0.0266. The largest absolute Gasteiger partial charge is 0.462 e. The normalized spacial score (nSPS) is 16.4. The minimum absolute atomic E-state index is 0.0464. The van der Waals surface area contributed by atoms with E-state index in [9.17, 15) is 57.5 Å². The van der Waals surface area contributed by atoms with Gasteiger partial charge in [0.25, 0.3) is 11.8 Å². The van der Waals surface area contributed by atoms with Gasteiger partial charge in [-0.2, -0.15) is 0 Å². The number of carbonyl (C=O) groups is 12. The topological polar surface area (TPSA) is 381 Å². The molecule has 2 aliphatic rings. The van der Waals surface area contributed by atoms with Crippen molar-refractivity contribution < 1.29 is 90.7 Å². The highest BCUT2D eigenvalue weighted by Gasteiger charge is 2.44. The summed E-state index contributed by atoms with van der Waals surface area (Å²) in [5.41, 5.74) is 6.90. The number of imide groups is 1. The van der Waals surface area contributed by atoms with Gasteiger partial charge in [0.05, 0.1) is 69.7 Å². The lowest BCUT2D eigenvalue weighted by Crippen LogP contribution is -2.60. The summed E-state index contributed by atoms with van der Waals surface area (Å²) in [5.74, 6) is -7.15. The van der Waals surface area contributed by atoms with Gasteiger partial charge in [-0.1, -0.05) is 118 Å². The molecule has 8 N–H and O–H groups in total. The third-order valence-electron chi connectivity index (χ3n) is 18.9. The molecule has 0 bridgehead atoms. The minimum Gasteiger partial charge on any atom is -0.462 e. The van der Waals surface area contributed by atoms with Gasteiger partial charge in [0.1, 0.15) is 43.4 Å². The molecule has 2 aromatic rings. The fraction of sp³-hybridized carbons (Fsp3) is 0.653. The molecule has 0 aromatic heterocycles. The van der Waals surface area contributed by atoms with E-state index in [0.29, 0.717) is 82.7 Å². The predicted octanol–water partition coefficient (Wildman–Crippen LogP) is 4.79. The highest BCUT2D eigenvalue weighted by Crippen LogP contribution is 2.30. The summed E-state index contributed by atoms with van der Waals surface area (Å²) in [7, 11) is 7.60. The molecule has 1 saturated heterocycles. The lowest BCUT2D eigenvalue weighted by Gasteiger charge is -2.41. The number of nitrogens with two attached hydrogens (primary N) is 1. The standard InChI is InChI=1S/C75H117N11O19/c1-15-50(8)66(58(100-13)45-62(90)85-37-23-27-57(85)67(101-14)51(9)68(91)80-56(44-52-24-18-16-19-25-52)73(96)104-43-42-103-41-40-102-39-38-99-12)83(10)72(95)64(48(4)5)82-71(94)65(49(6)7)84(11)75(98)105-46-53-29-31-54(32-30-53)78-69(92)55(26-22-35-77-74(76)97)79-70(93)63(47(2)3)81-59(87)28-20-17-21-36-86-60(88)33-34-61(86)89/h16,18-19,24-25,29-34,47-51,55-58,63-67H,15,17,20-23,26-28,35-46H2,1-14H3,(H,78,92)(H,79,93)(H,80,91)(H,81,87)(H,82,94)(H3,76,77,97)/t50-,51+,55-,56+,57?,58+,63-,64-,65-,66-,67?/m0/s1. The Labute approximate surface area is 618 Å². The SMILES string of the molecule is CC[C@H](C)[C@@H]([C@@H](CC(=O)N1CCCC1C(OC)[C@@H](C)C(=O)N[C@H](Cc1ccccc1)C(=O)OCCOCCOCCOC)OC)N(C)C(=O)[C@@H](NC(=O)[C@H](C(C)C)N(C)C(=O)OCc1ccc(NC(=O)[C@H](CCCNC(N)=O)NC(=O)[C@@H](NC(=O)CCCCCN2C(=O)C=CC2=O)C(C)C)cc1)C(C)C. The first-order valence-electron chi connectivity index (χ1n) is 36.5. The van der Waals surface area contributed by atoms with E-state index in [1.54, 1.807) is 91.8 Å². The number of benzene rings is 2. The summed E-state index contributed by atoms with van der Waals surface area (Å²) in [5, 5.41) is 16.6. The first-order valence-corrected chi connectivity index (χ1v) is 36.5. The van der Waals surface area contributed by atoms with Gasteiger partial charge in [-0.15, -0.1) is 0 Å². The van der Waals surface area contributed by atoms with Crippen LogP contribution < -0.4 is 37.6 Å². The molecule has 30 nitrogen and oxygen atoms in total. The number of urea groups is 1. The molecule has 1 fully saturated rings. The van der Waals surface area contributed by atoms with Crippen LogP contribution in [0.3, 0.4) is 0 Å². The number of likely N-dealkylation sites (tertiary alicyclic amines) is 1. The van der Waals surface area contributed by atoms with E-state index >= 15 is 0 Å². The molecule has 586 valence electrons. The van der Waals surface area contributed by atoms with Gasteiger partial charge in [-0.05, 0) is 85.5 Å². The first-order chi connectivity index (χ1) is 50.0. The Morgan fingerprint density at radius 1 is 0.638 bits per heavy atom. The molecular formula is C75H117N11O19. The van der Waals surface area contributed by atoms with Crippen LogP contribution in [0.25, 0.3) is 0 Å². The Bertz CT molecular complexity index is 3140. The number of hydrogen-bond donors (Lipinski definition) is 7. The zero-order valence-electron chi connectivity index (χ0n) is 63.9. The summed E-state index contributed by atoms with van der Waals surface area (Å²) in [6, 6.07) is 8.24. The first kappa shape index (κ1) is 88.8. The Morgan fingerprint density at radius 2 is 1.27 bits per heavy atom. The van der Waals surface area contributed by atoms with Crippen molar-refractivity contribution in [1.82, 2.24) is 46.2 Å². The van der Waals surface area contributed by atoms with Crippen molar-refractivity contribution in [2.24, 2.45) is 35.3 Å². The Morgan fingerprint density at radius 3 is 1.86 bits per heavy atom. The van der Waals surface area contributed by atoms with Crippen molar-refractivity contribution in [3.63, 3.8) is 0 Å². The van der Waals surface area contributed by atoms with Crippen LogP contribution in [0.2, 0.25) is 0 Å². The van der Waals surface area contributed by atoms with Crippen molar-refractivity contribution in [1.29, 1.82) is 0 Å². The molecule has 2 aromatic carbocycles. The second-order valence-corrected chi connectivity index (χ2v) is 27.8. The number of unbranched alkanes of at least 4 members (excludes halogenated alkanes) is 2. The number of hydrogen-bond acceptors (Lipinski definition) is 19. The van der Waals surface area contributed by atoms with Gasteiger partial charge < -0.3 is 80.6 Å². The average Bonchev–Trinajstić information content (AvgIpc) is 1.71. The molecule has 30 heteroatoms. The molecule has 2 aliphatic heterocycles. The van der Waals surface area contributed by atoms with Crippen LogP contribution >= 0.6 is 0 Å². The van der Waals surface area contributed by atoms with E-state index < -0.39 is 126 Å².